The number of nitrogens with one attached hydrogen (secondary N) is 2. The second-order valence-electron chi connectivity index (χ2n) is 6.18. The van der Waals surface area contributed by atoms with Gasteiger partial charge in [-0.25, -0.2) is 4.79 Å². The summed E-state index contributed by atoms with van der Waals surface area (Å²) in [7, 11) is 0. The highest BCUT2D eigenvalue weighted by molar-refractivity contribution is 5.93. The van der Waals surface area contributed by atoms with Crippen LogP contribution in [0.25, 0.3) is 0 Å². The molecule has 0 fully saturated rings. The number of amides is 2. The summed E-state index contributed by atoms with van der Waals surface area (Å²) in [6.07, 6.45) is -0.603. The van der Waals surface area contributed by atoms with Crippen LogP contribution in [0.5, 0.6) is 0 Å². The number of carbonyl (C=O) groups excluding carboxylic acids is 2. The standard InChI is InChI=1S/C16H24N2O3/c1-11(2)12-7-6-8-13(9-12)18-14(19)10-17-15(20)21-16(3,4)5/h6-9,11H,10H2,1-5H3,(H,17,20)(H,18,19). The van der Waals surface area contributed by atoms with E-state index in [2.05, 4.69) is 24.5 Å². The summed E-state index contributed by atoms with van der Waals surface area (Å²) < 4.78 is 5.06. The smallest absolute Gasteiger partial charge is 0.408 e. The van der Waals surface area contributed by atoms with Crippen LogP contribution in [-0.4, -0.2) is 24.1 Å². The van der Waals surface area contributed by atoms with Gasteiger partial charge in [-0.15, -0.1) is 0 Å². The molecule has 0 aliphatic rings. The third kappa shape index (κ3) is 6.79. The predicted octanol–water partition coefficient (Wildman–Crippen LogP) is 3.27. The number of ether oxygens (including phenoxy) is 1. The van der Waals surface area contributed by atoms with Crippen LogP contribution in [-0.2, 0) is 9.53 Å². The zero-order valence-corrected chi connectivity index (χ0v) is 13.3. The van der Waals surface area contributed by atoms with Crippen LogP contribution in [0.3, 0.4) is 0 Å². The van der Waals surface area contributed by atoms with Crippen molar-refractivity contribution in [2.75, 3.05) is 11.9 Å². The first-order valence-electron chi connectivity index (χ1n) is 7.04. The van der Waals surface area contributed by atoms with Gasteiger partial charge in [0.1, 0.15) is 12.1 Å². The lowest BCUT2D eigenvalue weighted by atomic mass is 10.0. The molecule has 0 bridgehead atoms. The Morgan fingerprint density at radius 3 is 2.48 bits per heavy atom. The fourth-order valence-corrected chi connectivity index (χ4v) is 1.65. The van der Waals surface area contributed by atoms with Gasteiger partial charge in [0.2, 0.25) is 5.91 Å². The molecule has 2 N–H and O–H groups in total. The molecule has 2 amide bonds. The van der Waals surface area contributed by atoms with E-state index in [4.69, 9.17) is 4.74 Å². The predicted molar refractivity (Wildman–Crippen MR) is 83.4 cm³/mol. The molecule has 5 heteroatoms. The van der Waals surface area contributed by atoms with E-state index in [0.29, 0.717) is 5.92 Å². The van der Waals surface area contributed by atoms with Crippen LogP contribution >= 0.6 is 0 Å². The van der Waals surface area contributed by atoms with Crippen molar-refractivity contribution in [2.45, 2.75) is 46.1 Å². The first kappa shape index (κ1) is 17.0. The topological polar surface area (TPSA) is 67.4 Å². The number of carbonyl (C=O) groups is 2. The molecule has 0 unspecified atom stereocenters. The van der Waals surface area contributed by atoms with Gasteiger partial charge in [-0.1, -0.05) is 26.0 Å². The third-order valence-electron chi connectivity index (χ3n) is 2.63. The van der Waals surface area contributed by atoms with E-state index in [-0.39, 0.29) is 12.5 Å². The molecule has 0 aromatic heterocycles. The van der Waals surface area contributed by atoms with E-state index in [1.807, 2.05) is 24.3 Å². The normalized spacial score (nSPS) is 11.1. The van der Waals surface area contributed by atoms with Crippen molar-refractivity contribution in [1.82, 2.24) is 5.32 Å². The highest BCUT2D eigenvalue weighted by atomic mass is 16.6. The second kappa shape index (κ2) is 7.11. The fourth-order valence-electron chi connectivity index (χ4n) is 1.65. The molecule has 0 saturated heterocycles. The van der Waals surface area contributed by atoms with Crippen LogP contribution in [0.2, 0.25) is 0 Å². The molecule has 0 aliphatic carbocycles. The molecule has 0 radical (unpaired) electrons. The molecule has 21 heavy (non-hydrogen) atoms. The fraction of sp³-hybridized carbons (Fsp3) is 0.500. The van der Waals surface area contributed by atoms with Gasteiger partial charge in [-0.3, -0.25) is 4.79 Å². The van der Waals surface area contributed by atoms with Gasteiger partial charge >= 0.3 is 6.09 Å². The molecule has 116 valence electrons. The SMILES string of the molecule is CC(C)c1cccc(NC(=O)CNC(=O)OC(C)(C)C)c1. The summed E-state index contributed by atoms with van der Waals surface area (Å²) >= 11 is 0. The number of rotatable bonds is 4. The van der Waals surface area contributed by atoms with E-state index in [1.165, 1.54) is 0 Å². The molecule has 0 saturated carbocycles. The van der Waals surface area contributed by atoms with Crippen LogP contribution in [0.1, 0.15) is 46.1 Å². The minimum atomic E-state index is -0.603. The van der Waals surface area contributed by atoms with E-state index < -0.39 is 11.7 Å². The number of hydrogen-bond donors (Lipinski definition) is 2. The first-order chi connectivity index (χ1) is 9.67. The summed E-state index contributed by atoms with van der Waals surface area (Å²) in [5.41, 5.74) is 1.29. The Labute approximate surface area is 126 Å². The molecule has 5 nitrogen and oxygen atoms in total. The lowest BCUT2D eigenvalue weighted by Gasteiger charge is -2.19. The maximum Gasteiger partial charge on any atom is 0.408 e. The molecular weight excluding hydrogens is 268 g/mol. The zero-order valence-electron chi connectivity index (χ0n) is 13.3. The number of benzene rings is 1. The largest absolute Gasteiger partial charge is 0.444 e. The average molecular weight is 292 g/mol. The second-order valence-corrected chi connectivity index (χ2v) is 6.18. The monoisotopic (exact) mass is 292 g/mol. The van der Waals surface area contributed by atoms with Gasteiger partial charge in [0, 0.05) is 5.69 Å². The Balaban J connectivity index is 2.47. The number of anilines is 1. The summed E-state index contributed by atoms with van der Waals surface area (Å²) in [4.78, 5) is 23.2. The lowest BCUT2D eigenvalue weighted by Crippen LogP contribution is -2.37. The van der Waals surface area contributed by atoms with Gasteiger partial charge in [-0.2, -0.15) is 0 Å². The number of hydrogen-bond acceptors (Lipinski definition) is 3. The van der Waals surface area contributed by atoms with Crippen molar-refractivity contribution < 1.29 is 14.3 Å². The summed E-state index contributed by atoms with van der Waals surface area (Å²) in [5, 5.41) is 5.17. The molecule has 1 aromatic rings. The Bertz CT molecular complexity index is 504. The van der Waals surface area contributed by atoms with Crippen LogP contribution < -0.4 is 10.6 Å². The van der Waals surface area contributed by atoms with Gasteiger partial charge in [0.15, 0.2) is 0 Å². The highest BCUT2D eigenvalue weighted by Gasteiger charge is 2.16. The van der Waals surface area contributed by atoms with E-state index >= 15 is 0 Å². The number of alkyl carbamates (subject to hydrolysis) is 1. The maximum atomic E-state index is 11.8. The van der Waals surface area contributed by atoms with Crippen molar-refractivity contribution in [1.29, 1.82) is 0 Å². The van der Waals surface area contributed by atoms with Crippen LogP contribution in [0.15, 0.2) is 24.3 Å². The molecule has 0 atom stereocenters. The molecule has 0 heterocycles. The molecule has 1 rings (SSSR count). The lowest BCUT2D eigenvalue weighted by molar-refractivity contribution is -0.115. The summed E-state index contributed by atoms with van der Waals surface area (Å²) in [6, 6.07) is 7.65. The van der Waals surface area contributed by atoms with Crippen molar-refractivity contribution in [3.63, 3.8) is 0 Å². The van der Waals surface area contributed by atoms with E-state index in [1.54, 1.807) is 20.8 Å². The first-order valence-corrected chi connectivity index (χ1v) is 7.04. The van der Waals surface area contributed by atoms with Gasteiger partial charge < -0.3 is 15.4 Å². The van der Waals surface area contributed by atoms with E-state index in [9.17, 15) is 9.59 Å². The van der Waals surface area contributed by atoms with Crippen LogP contribution in [0.4, 0.5) is 10.5 Å². The Morgan fingerprint density at radius 2 is 1.90 bits per heavy atom. The summed E-state index contributed by atoms with van der Waals surface area (Å²) in [6.45, 7) is 9.36. The van der Waals surface area contributed by atoms with Crippen molar-refractivity contribution in [2.24, 2.45) is 0 Å². The minimum Gasteiger partial charge on any atom is -0.444 e. The quantitative estimate of drug-likeness (QED) is 0.895. The molecule has 0 spiro atoms. The average Bonchev–Trinajstić information content (AvgIpc) is 2.34. The van der Waals surface area contributed by atoms with Gasteiger partial charge in [0.05, 0.1) is 0 Å². The van der Waals surface area contributed by atoms with Crippen molar-refractivity contribution >= 4 is 17.7 Å². The molecular formula is C16H24N2O3. The Kier molecular flexibility index (Phi) is 5.76. The maximum absolute atomic E-state index is 11.8. The minimum absolute atomic E-state index is 0.124. The van der Waals surface area contributed by atoms with E-state index in [0.717, 1.165) is 11.3 Å². The summed E-state index contributed by atoms with van der Waals surface area (Å²) in [5.74, 6) is 0.100. The van der Waals surface area contributed by atoms with Gasteiger partial charge in [-0.05, 0) is 44.4 Å². The Morgan fingerprint density at radius 1 is 1.24 bits per heavy atom. The molecule has 1 aromatic carbocycles. The zero-order chi connectivity index (χ0) is 16.0. The third-order valence-corrected chi connectivity index (χ3v) is 2.63. The Hall–Kier alpha value is -2.04. The van der Waals surface area contributed by atoms with Crippen molar-refractivity contribution in [3.05, 3.63) is 29.8 Å². The van der Waals surface area contributed by atoms with Crippen LogP contribution in [0, 0.1) is 0 Å². The van der Waals surface area contributed by atoms with Gasteiger partial charge in [0.25, 0.3) is 0 Å². The molecule has 0 aliphatic heterocycles. The van der Waals surface area contributed by atoms with Crippen molar-refractivity contribution in [3.8, 4) is 0 Å². The highest BCUT2D eigenvalue weighted by Crippen LogP contribution is 2.18.